The zero-order valence-corrected chi connectivity index (χ0v) is 11.5. The third-order valence-corrected chi connectivity index (χ3v) is 4.43. The summed E-state index contributed by atoms with van der Waals surface area (Å²) >= 11 is 1.79. The van der Waals surface area contributed by atoms with Crippen molar-refractivity contribution in [2.45, 2.75) is 33.2 Å². The van der Waals surface area contributed by atoms with Gasteiger partial charge in [-0.05, 0) is 49.1 Å². The number of hydrogen-bond acceptors (Lipinski definition) is 2. The molecule has 0 spiro atoms. The zero-order chi connectivity index (χ0) is 12.4. The molecule has 2 aromatic rings. The van der Waals surface area contributed by atoms with Crippen molar-refractivity contribution in [1.82, 2.24) is 0 Å². The predicted molar refractivity (Wildman–Crippen MR) is 76.5 cm³/mol. The summed E-state index contributed by atoms with van der Waals surface area (Å²) in [7, 11) is 0. The van der Waals surface area contributed by atoms with E-state index < -0.39 is 0 Å². The minimum Gasteiger partial charge on any atom is -0.324 e. The zero-order valence-electron chi connectivity index (χ0n) is 10.7. The van der Waals surface area contributed by atoms with E-state index in [4.69, 9.17) is 5.73 Å². The number of thiophene rings is 1. The Morgan fingerprint density at radius 1 is 1.24 bits per heavy atom. The Hall–Kier alpha value is -1.12. The smallest absolute Gasteiger partial charge is 0.0361 e. The van der Waals surface area contributed by atoms with Crippen LogP contribution in [0.5, 0.6) is 0 Å². The van der Waals surface area contributed by atoms with E-state index in [0.717, 1.165) is 6.42 Å². The summed E-state index contributed by atoms with van der Waals surface area (Å²) in [5, 5.41) is 0. The second-order valence-electron chi connectivity index (χ2n) is 4.49. The van der Waals surface area contributed by atoms with Gasteiger partial charge in [0.25, 0.3) is 0 Å². The minimum atomic E-state index is 0.129. The van der Waals surface area contributed by atoms with Gasteiger partial charge in [0.15, 0.2) is 0 Å². The Kier molecular flexibility index (Phi) is 3.65. The second-order valence-corrected chi connectivity index (χ2v) is 5.60. The van der Waals surface area contributed by atoms with E-state index in [2.05, 4.69) is 44.2 Å². The molecular formula is C15H19NS. The fourth-order valence-electron chi connectivity index (χ4n) is 1.96. The molecule has 0 fully saturated rings. The van der Waals surface area contributed by atoms with Crippen molar-refractivity contribution in [2.75, 3.05) is 0 Å². The SMILES string of the molecule is CCc1cc(-c2ccc(C(C)N)s2)ccc1C. The van der Waals surface area contributed by atoms with Crippen molar-refractivity contribution in [3.05, 3.63) is 46.3 Å². The number of nitrogens with two attached hydrogens (primary N) is 1. The molecule has 0 aliphatic rings. The maximum Gasteiger partial charge on any atom is 0.0361 e. The normalized spacial score (nSPS) is 12.7. The highest BCUT2D eigenvalue weighted by Crippen LogP contribution is 2.31. The molecule has 0 saturated carbocycles. The van der Waals surface area contributed by atoms with Crippen LogP contribution < -0.4 is 5.73 Å². The average Bonchev–Trinajstić information content (AvgIpc) is 2.79. The maximum absolute atomic E-state index is 5.90. The Labute approximate surface area is 107 Å². The molecule has 0 bridgehead atoms. The highest BCUT2D eigenvalue weighted by atomic mass is 32.1. The van der Waals surface area contributed by atoms with Crippen LogP contribution in [0, 0.1) is 6.92 Å². The Balaban J connectivity index is 2.38. The summed E-state index contributed by atoms with van der Waals surface area (Å²) in [5.41, 5.74) is 10.0. The summed E-state index contributed by atoms with van der Waals surface area (Å²) < 4.78 is 0. The van der Waals surface area contributed by atoms with Gasteiger partial charge in [0, 0.05) is 15.8 Å². The summed E-state index contributed by atoms with van der Waals surface area (Å²) in [6.07, 6.45) is 1.09. The Morgan fingerprint density at radius 3 is 2.59 bits per heavy atom. The fraction of sp³-hybridized carbons (Fsp3) is 0.333. The Bertz CT molecular complexity index is 511. The molecule has 1 aromatic heterocycles. The number of benzene rings is 1. The molecule has 0 radical (unpaired) electrons. The molecule has 1 unspecified atom stereocenters. The highest BCUT2D eigenvalue weighted by Gasteiger charge is 2.07. The van der Waals surface area contributed by atoms with Gasteiger partial charge in [0.1, 0.15) is 0 Å². The van der Waals surface area contributed by atoms with Crippen LogP contribution in [0.15, 0.2) is 30.3 Å². The molecular weight excluding hydrogens is 226 g/mol. The predicted octanol–water partition coefficient (Wildman–Crippen LogP) is 4.31. The van der Waals surface area contributed by atoms with Crippen molar-refractivity contribution in [3.63, 3.8) is 0 Å². The molecule has 1 aromatic carbocycles. The van der Waals surface area contributed by atoms with Crippen LogP contribution in [0.25, 0.3) is 10.4 Å². The van der Waals surface area contributed by atoms with E-state index >= 15 is 0 Å². The molecule has 1 atom stereocenters. The largest absolute Gasteiger partial charge is 0.324 e. The fourth-order valence-corrected chi connectivity index (χ4v) is 2.92. The highest BCUT2D eigenvalue weighted by molar-refractivity contribution is 7.15. The van der Waals surface area contributed by atoms with Crippen molar-refractivity contribution < 1.29 is 0 Å². The summed E-state index contributed by atoms with van der Waals surface area (Å²) in [5.74, 6) is 0. The summed E-state index contributed by atoms with van der Waals surface area (Å²) in [4.78, 5) is 2.56. The van der Waals surface area contributed by atoms with Gasteiger partial charge in [0.2, 0.25) is 0 Å². The van der Waals surface area contributed by atoms with Crippen LogP contribution >= 0.6 is 11.3 Å². The molecule has 0 aliphatic heterocycles. The van der Waals surface area contributed by atoms with E-state index in [1.54, 1.807) is 11.3 Å². The maximum atomic E-state index is 5.90. The molecule has 2 rings (SSSR count). The van der Waals surface area contributed by atoms with E-state index in [9.17, 15) is 0 Å². The van der Waals surface area contributed by atoms with Crippen molar-refractivity contribution in [2.24, 2.45) is 5.73 Å². The second kappa shape index (κ2) is 5.03. The van der Waals surface area contributed by atoms with Gasteiger partial charge in [-0.3, -0.25) is 0 Å². The topological polar surface area (TPSA) is 26.0 Å². The molecule has 2 heteroatoms. The first-order chi connectivity index (χ1) is 8.11. The van der Waals surface area contributed by atoms with Gasteiger partial charge in [-0.25, -0.2) is 0 Å². The first-order valence-corrected chi connectivity index (χ1v) is 6.88. The third-order valence-electron chi connectivity index (χ3n) is 3.09. The van der Waals surface area contributed by atoms with Gasteiger partial charge in [-0.1, -0.05) is 25.1 Å². The Morgan fingerprint density at radius 2 is 2.00 bits per heavy atom. The van der Waals surface area contributed by atoms with Gasteiger partial charge in [-0.15, -0.1) is 11.3 Å². The lowest BCUT2D eigenvalue weighted by Crippen LogP contribution is -2.01. The van der Waals surface area contributed by atoms with Gasteiger partial charge >= 0.3 is 0 Å². The number of rotatable bonds is 3. The molecule has 0 saturated heterocycles. The van der Waals surface area contributed by atoms with Crippen molar-refractivity contribution in [3.8, 4) is 10.4 Å². The van der Waals surface area contributed by atoms with Gasteiger partial charge < -0.3 is 5.73 Å². The number of aryl methyl sites for hydroxylation is 2. The van der Waals surface area contributed by atoms with Crippen LogP contribution in [0.1, 0.15) is 35.9 Å². The molecule has 17 heavy (non-hydrogen) atoms. The molecule has 2 N–H and O–H groups in total. The molecule has 0 aliphatic carbocycles. The first kappa shape index (κ1) is 12.3. The average molecular weight is 245 g/mol. The lowest BCUT2D eigenvalue weighted by Gasteiger charge is -2.05. The standard InChI is InChI=1S/C15H19NS/c1-4-12-9-13(6-5-10(12)2)15-8-7-14(17-15)11(3)16/h5-9,11H,4,16H2,1-3H3. The lowest BCUT2D eigenvalue weighted by atomic mass is 10.0. The first-order valence-electron chi connectivity index (χ1n) is 6.07. The van der Waals surface area contributed by atoms with Crippen LogP contribution in [-0.2, 0) is 6.42 Å². The van der Waals surface area contributed by atoms with Gasteiger partial charge in [0.05, 0.1) is 0 Å². The lowest BCUT2D eigenvalue weighted by molar-refractivity contribution is 0.838. The van der Waals surface area contributed by atoms with E-state index in [0.29, 0.717) is 0 Å². The van der Waals surface area contributed by atoms with Crippen LogP contribution in [0.4, 0.5) is 0 Å². The summed E-state index contributed by atoms with van der Waals surface area (Å²) in [6, 6.07) is 11.1. The third kappa shape index (κ3) is 2.59. The summed E-state index contributed by atoms with van der Waals surface area (Å²) in [6.45, 7) is 6.40. The minimum absolute atomic E-state index is 0.129. The van der Waals surface area contributed by atoms with E-state index in [1.165, 1.54) is 26.4 Å². The molecule has 90 valence electrons. The molecule has 1 nitrogen and oxygen atoms in total. The molecule has 1 heterocycles. The molecule has 0 amide bonds. The van der Waals surface area contributed by atoms with Crippen LogP contribution in [0.3, 0.4) is 0 Å². The van der Waals surface area contributed by atoms with Crippen molar-refractivity contribution in [1.29, 1.82) is 0 Å². The van der Waals surface area contributed by atoms with Crippen LogP contribution in [-0.4, -0.2) is 0 Å². The number of hydrogen-bond donors (Lipinski definition) is 1. The van der Waals surface area contributed by atoms with E-state index in [-0.39, 0.29) is 6.04 Å². The quantitative estimate of drug-likeness (QED) is 0.857. The van der Waals surface area contributed by atoms with E-state index in [1.807, 2.05) is 6.92 Å². The van der Waals surface area contributed by atoms with Crippen LogP contribution in [0.2, 0.25) is 0 Å². The van der Waals surface area contributed by atoms with Gasteiger partial charge in [-0.2, -0.15) is 0 Å². The van der Waals surface area contributed by atoms with Crippen molar-refractivity contribution >= 4 is 11.3 Å². The monoisotopic (exact) mass is 245 g/mol.